The van der Waals surface area contributed by atoms with Crippen LogP contribution in [0.5, 0.6) is 0 Å². The van der Waals surface area contributed by atoms with Gasteiger partial charge in [0.15, 0.2) is 0 Å². The van der Waals surface area contributed by atoms with Gasteiger partial charge in [-0.05, 0) is 43.7 Å². The second-order valence-corrected chi connectivity index (χ2v) is 6.46. The fourth-order valence-electron chi connectivity index (χ4n) is 3.44. The third-order valence-corrected chi connectivity index (χ3v) is 4.97. The zero-order valence-corrected chi connectivity index (χ0v) is 11.6. The minimum atomic E-state index is -0.301. The van der Waals surface area contributed by atoms with Gasteiger partial charge in [0.05, 0.1) is 6.10 Å². The van der Waals surface area contributed by atoms with Crippen molar-refractivity contribution in [3.63, 3.8) is 0 Å². The molecule has 1 unspecified atom stereocenters. The monoisotopic (exact) mass is 259 g/mol. The normalized spacial score (nSPS) is 23.4. The second-order valence-electron chi connectivity index (χ2n) is 6.46. The van der Waals surface area contributed by atoms with Gasteiger partial charge in [-0.1, -0.05) is 43.2 Å². The molecule has 0 saturated heterocycles. The van der Waals surface area contributed by atoms with Crippen molar-refractivity contribution in [3.05, 3.63) is 35.9 Å². The summed E-state index contributed by atoms with van der Waals surface area (Å²) in [6, 6.07) is 10.1. The second kappa shape index (κ2) is 5.64. The summed E-state index contributed by atoms with van der Waals surface area (Å²) in [5.41, 5.74) is 1.18. The van der Waals surface area contributed by atoms with Gasteiger partial charge in [-0.3, -0.25) is 0 Å². The lowest BCUT2D eigenvalue weighted by atomic mass is 9.92. The van der Waals surface area contributed by atoms with Crippen LogP contribution in [0.15, 0.2) is 30.3 Å². The quantitative estimate of drug-likeness (QED) is 0.821. The first-order valence-electron chi connectivity index (χ1n) is 7.74. The van der Waals surface area contributed by atoms with Crippen LogP contribution in [-0.4, -0.2) is 18.2 Å². The average Bonchev–Trinajstić information content (AvgIpc) is 3.06. The lowest BCUT2D eigenvalue weighted by Crippen LogP contribution is -2.31. The number of nitrogens with one attached hydrogen (secondary N) is 1. The molecule has 0 aliphatic heterocycles. The van der Waals surface area contributed by atoms with Gasteiger partial charge in [0.1, 0.15) is 0 Å². The van der Waals surface area contributed by atoms with Gasteiger partial charge in [-0.2, -0.15) is 0 Å². The molecule has 2 aliphatic carbocycles. The summed E-state index contributed by atoms with van der Waals surface area (Å²) in [6.07, 6.45) is 7.60. The van der Waals surface area contributed by atoms with Crippen LogP contribution in [0.25, 0.3) is 0 Å². The summed E-state index contributed by atoms with van der Waals surface area (Å²) < 4.78 is 0. The van der Waals surface area contributed by atoms with E-state index in [1.165, 1.54) is 25.7 Å². The smallest absolute Gasteiger partial charge is 0.0858 e. The summed E-state index contributed by atoms with van der Waals surface area (Å²) in [7, 11) is 0. The van der Waals surface area contributed by atoms with Crippen LogP contribution in [0.4, 0.5) is 0 Å². The zero-order chi connectivity index (χ0) is 13.1. The molecule has 2 aliphatic rings. The summed E-state index contributed by atoms with van der Waals surface area (Å²) in [6.45, 7) is 2.11. The van der Waals surface area contributed by atoms with Crippen LogP contribution in [0, 0.1) is 11.3 Å². The Morgan fingerprint density at radius 2 is 1.84 bits per heavy atom. The molecule has 0 bridgehead atoms. The van der Waals surface area contributed by atoms with Gasteiger partial charge < -0.3 is 10.4 Å². The maximum Gasteiger partial charge on any atom is 0.0858 e. The van der Waals surface area contributed by atoms with Crippen LogP contribution in [0.1, 0.15) is 50.2 Å². The Hall–Kier alpha value is -0.860. The molecular weight excluding hydrogens is 234 g/mol. The van der Waals surface area contributed by atoms with E-state index in [9.17, 15) is 5.11 Å². The summed E-state index contributed by atoms with van der Waals surface area (Å²) in [4.78, 5) is 0. The van der Waals surface area contributed by atoms with E-state index in [4.69, 9.17) is 0 Å². The van der Waals surface area contributed by atoms with Crippen molar-refractivity contribution < 1.29 is 5.11 Å². The maximum absolute atomic E-state index is 10.6. The Morgan fingerprint density at radius 3 is 2.47 bits per heavy atom. The zero-order valence-electron chi connectivity index (χ0n) is 11.6. The van der Waals surface area contributed by atoms with E-state index in [-0.39, 0.29) is 11.5 Å². The highest BCUT2D eigenvalue weighted by Gasteiger charge is 2.48. The van der Waals surface area contributed by atoms with E-state index in [2.05, 4.69) is 5.32 Å². The lowest BCUT2D eigenvalue weighted by molar-refractivity contribution is 0.0913. The molecule has 1 atom stereocenters. The molecule has 1 aromatic rings. The Labute approximate surface area is 116 Å². The standard InChI is InChI=1S/C17H25NO/c19-16(15-8-2-1-3-9-15)17(10-11-17)13-18-12-14-6-4-5-7-14/h1-3,8-9,14,16,18-19H,4-7,10-13H2. The third kappa shape index (κ3) is 3.01. The molecule has 0 amide bonds. The van der Waals surface area contributed by atoms with E-state index >= 15 is 0 Å². The summed E-state index contributed by atoms with van der Waals surface area (Å²) >= 11 is 0. The van der Waals surface area contributed by atoms with Crippen LogP contribution in [0.2, 0.25) is 0 Å². The summed E-state index contributed by atoms with van der Waals surface area (Å²) in [5, 5.41) is 14.2. The number of aliphatic hydroxyl groups is 1. The van der Waals surface area contributed by atoms with Crippen LogP contribution >= 0.6 is 0 Å². The predicted octanol–water partition coefficient (Wildman–Crippen LogP) is 3.28. The van der Waals surface area contributed by atoms with Crippen molar-refractivity contribution in [1.29, 1.82) is 0 Å². The van der Waals surface area contributed by atoms with Crippen molar-refractivity contribution in [2.75, 3.05) is 13.1 Å². The number of benzene rings is 1. The van der Waals surface area contributed by atoms with Gasteiger partial charge in [0.25, 0.3) is 0 Å². The molecule has 2 heteroatoms. The minimum Gasteiger partial charge on any atom is -0.388 e. The van der Waals surface area contributed by atoms with Crippen molar-refractivity contribution in [2.24, 2.45) is 11.3 Å². The van der Waals surface area contributed by atoms with E-state index in [0.29, 0.717) is 0 Å². The Balaban J connectivity index is 1.51. The van der Waals surface area contributed by atoms with Gasteiger partial charge in [-0.25, -0.2) is 0 Å². The van der Waals surface area contributed by atoms with E-state index in [1.54, 1.807) is 0 Å². The van der Waals surface area contributed by atoms with Crippen molar-refractivity contribution in [2.45, 2.75) is 44.6 Å². The highest BCUT2D eigenvalue weighted by Crippen LogP contribution is 2.54. The predicted molar refractivity (Wildman–Crippen MR) is 77.9 cm³/mol. The van der Waals surface area contributed by atoms with E-state index in [1.807, 2.05) is 30.3 Å². The molecule has 104 valence electrons. The van der Waals surface area contributed by atoms with Crippen LogP contribution in [-0.2, 0) is 0 Å². The first kappa shape index (κ1) is 13.1. The first-order valence-corrected chi connectivity index (χ1v) is 7.74. The molecule has 3 rings (SSSR count). The maximum atomic E-state index is 10.6. The Bertz CT molecular complexity index is 393. The third-order valence-electron chi connectivity index (χ3n) is 4.97. The molecule has 0 radical (unpaired) electrons. The molecule has 1 aromatic carbocycles. The van der Waals surface area contributed by atoms with Crippen molar-refractivity contribution in [3.8, 4) is 0 Å². The van der Waals surface area contributed by atoms with Crippen LogP contribution in [0.3, 0.4) is 0 Å². The highest BCUT2D eigenvalue weighted by molar-refractivity contribution is 5.22. The van der Waals surface area contributed by atoms with E-state index in [0.717, 1.165) is 37.4 Å². The number of rotatable bonds is 6. The summed E-state index contributed by atoms with van der Waals surface area (Å²) in [5.74, 6) is 0.879. The van der Waals surface area contributed by atoms with Crippen LogP contribution < -0.4 is 5.32 Å². The SMILES string of the molecule is OC(c1ccccc1)C1(CNCC2CCCC2)CC1. The lowest BCUT2D eigenvalue weighted by Gasteiger charge is -2.24. The average molecular weight is 259 g/mol. The largest absolute Gasteiger partial charge is 0.388 e. The topological polar surface area (TPSA) is 32.3 Å². The molecule has 19 heavy (non-hydrogen) atoms. The van der Waals surface area contributed by atoms with Crippen molar-refractivity contribution >= 4 is 0 Å². The van der Waals surface area contributed by atoms with E-state index < -0.39 is 0 Å². The fraction of sp³-hybridized carbons (Fsp3) is 0.647. The molecule has 2 fully saturated rings. The Morgan fingerprint density at radius 1 is 1.16 bits per heavy atom. The van der Waals surface area contributed by atoms with Gasteiger partial charge in [0.2, 0.25) is 0 Å². The van der Waals surface area contributed by atoms with Crippen molar-refractivity contribution in [1.82, 2.24) is 5.32 Å². The minimum absolute atomic E-state index is 0.111. The number of aliphatic hydroxyl groups excluding tert-OH is 1. The number of hydrogen-bond acceptors (Lipinski definition) is 2. The molecule has 2 saturated carbocycles. The molecule has 2 N–H and O–H groups in total. The molecule has 2 nitrogen and oxygen atoms in total. The first-order chi connectivity index (χ1) is 9.30. The molecule has 0 spiro atoms. The van der Waals surface area contributed by atoms with Gasteiger partial charge >= 0.3 is 0 Å². The fourth-order valence-corrected chi connectivity index (χ4v) is 3.44. The van der Waals surface area contributed by atoms with Gasteiger partial charge in [0, 0.05) is 12.0 Å². The van der Waals surface area contributed by atoms with Gasteiger partial charge in [-0.15, -0.1) is 0 Å². The number of hydrogen-bond donors (Lipinski definition) is 2. The highest BCUT2D eigenvalue weighted by atomic mass is 16.3. The molecular formula is C17H25NO. The Kier molecular flexibility index (Phi) is 3.90. The molecule has 0 heterocycles. The molecule has 0 aromatic heterocycles.